The number of nitrogens with zero attached hydrogens (tertiary/aromatic N) is 3. The molecule has 31 heavy (non-hydrogen) atoms. The summed E-state index contributed by atoms with van der Waals surface area (Å²) in [5.74, 6) is 0.166. The van der Waals surface area contributed by atoms with Gasteiger partial charge in [-0.25, -0.2) is 4.98 Å². The van der Waals surface area contributed by atoms with Crippen LogP contribution in [0.5, 0.6) is 0 Å². The van der Waals surface area contributed by atoms with Crippen molar-refractivity contribution in [3.05, 3.63) is 35.7 Å². The number of carboxylic acid groups (broad SMARTS) is 1. The van der Waals surface area contributed by atoms with Crippen LogP contribution >= 0.6 is 0 Å². The average Bonchev–Trinajstić information content (AvgIpc) is 3.63. The Hall–Kier alpha value is -2.45. The Kier molecular flexibility index (Phi) is 8.85. The molecule has 0 amide bonds. The second-order valence-electron chi connectivity index (χ2n) is 8.23. The third-order valence-corrected chi connectivity index (χ3v) is 5.91. The van der Waals surface area contributed by atoms with Crippen LogP contribution in [0.4, 0.5) is 5.82 Å². The van der Waals surface area contributed by atoms with Gasteiger partial charge in [-0.1, -0.05) is 13.0 Å². The molecule has 3 rings (SSSR count). The third kappa shape index (κ3) is 7.33. The van der Waals surface area contributed by atoms with E-state index in [2.05, 4.69) is 44.9 Å². The minimum Gasteiger partial charge on any atom is -0.480 e. The summed E-state index contributed by atoms with van der Waals surface area (Å²) in [7, 11) is 1.92. The molecule has 2 aliphatic rings. The largest absolute Gasteiger partial charge is 0.480 e. The molecule has 8 heteroatoms. The first-order valence-corrected chi connectivity index (χ1v) is 11.4. The van der Waals surface area contributed by atoms with Gasteiger partial charge in [-0.05, 0) is 69.2 Å². The normalized spacial score (nSPS) is 18.7. The molecule has 170 valence electrons. The Labute approximate surface area is 185 Å². The molecular weight excluding hydrogens is 392 g/mol. The van der Waals surface area contributed by atoms with Crippen molar-refractivity contribution in [2.24, 2.45) is 4.99 Å². The fourth-order valence-electron chi connectivity index (χ4n) is 3.95. The van der Waals surface area contributed by atoms with E-state index in [-0.39, 0.29) is 6.17 Å². The monoisotopic (exact) mass is 428 g/mol. The lowest BCUT2D eigenvalue weighted by Gasteiger charge is -2.25. The van der Waals surface area contributed by atoms with Gasteiger partial charge in [0.05, 0.1) is 6.34 Å². The van der Waals surface area contributed by atoms with Crippen molar-refractivity contribution in [1.29, 1.82) is 0 Å². The topological polar surface area (TPSA) is 102 Å². The molecule has 1 aliphatic heterocycles. The Bertz CT molecular complexity index is 765. The molecule has 1 fully saturated rings. The maximum Gasteiger partial charge on any atom is 0.320 e. The minimum atomic E-state index is -0.820. The second-order valence-corrected chi connectivity index (χ2v) is 8.23. The maximum absolute atomic E-state index is 11.7. The first kappa shape index (κ1) is 23.2. The molecule has 8 nitrogen and oxygen atoms in total. The Morgan fingerprint density at radius 2 is 2.16 bits per heavy atom. The second kappa shape index (κ2) is 11.8. The van der Waals surface area contributed by atoms with E-state index in [1.54, 1.807) is 12.5 Å². The van der Waals surface area contributed by atoms with Gasteiger partial charge in [0.1, 0.15) is 18.0 Å². The highest BCUT2D eigenvalue weighted by molar-refractivity contribution is 5.73. The van der Waals surface area contributed by atoms with Crippen molar-refractivity contribution in [2.45, 2.75) is 70.1 Å². The molecule has 1 aromatic rings. The molecule has 0 saturated heterocycles. The van der Waals surface area contributed by atoms with Gasteiger partial charge in [0, 0.05) is 31.5 Å². The van der Waals surface area contributed by atoms with E-state index in [9.17, 15) is 9.90 Å². The number of aromatic nitrogens is 1. The number of unbranched alkanes of at least 4 members (excludes halogenated alkanes) is 1. The van der Waals surface area contributed by atoms with Crippen LogP contribution in [0, 0.1) is 0 Å². The molecular formula is C23H36N6O2. The summed E-state index contributed by atoms with van der Waals surface area (Å²) in [6.07, 6.45) is 12.0. The number of hydrogen-bond donors (Lipinski definition) is 4. The Morgan fingerprint density at radius 1 is 1.32 bits per heavy atom. The zero-order chi connectivity index (χ0) is 22.1. The van der Waals surface area contributed by atoms with Gasteiger partial charge in [-0.15, -0.1) is 0 Å². The van der Waals surface area contributed by atoms with E-state index in [1.807, 2.05) is 13.1 Å². The highest BCUT2D eigenvalue weighted by atomic mass is 16.4. The Balaban J connectivity index is 1.43. The maximum atomic E-state index is 11.7. The van der Waals surface area contributed by atoms with Gasteiger partial charge in [0.25, 0.3) is 0 Å². The first-order chi connectivity index (χ1) is 15.1. The number of aryl methyl sites for hydroxylation is 2. The minimum absolute atomic E-state index is 0.286. The lowest BCUT2D eigenvalue weighted by Crippen LogP contribution is -2.45. The molecule has 1 aliphatic carbocycles. The molecule has 4 N–H and O–H groups in total. The van der Waals surface area contributed by atoms with Crippen LogP contribution in [-0.4, -0.2) is 65.7 Å². The van der Waals surface area contributed by atoms with Crippen molar-refractivity contribution in [1.82, 2.24) is 20.5 Å². The highest BCUT2D eigenvalue weighted by Gasteiger charge is 2.30. The van der Waals surface area contributed by atoms with Gasteiger partial charge in [-0.3, -0.25) is 15.1 Å². The third-order valence-electron chi connectivity index (χ3n) is 5.91. The fourth-order valence-corrected chi connectivity index (χ4v) is 3.95. The number of rotatable bonds is 14. The number of hydrogen-bond acceptors (Lipinski definition) is 7. The van der Waals surface area contributed by atoms with Crippen LogP contribution in [0.3, 0.4) is 0 Å². The van der Waals surface area contributed by atoms with Crippen LogP contribution in [0.2, 0.25) is 0 Å². The summed E-state index contributed by atoms with van der Waals surface area (Å²) in [6.45, 7) is 3.94. The van der Waals surface area contributed by atoms with Crippen molar-refractivity contribution in [3.63, 3.8) is 0 Å². The summed E-state index contributed by atoms with van der Waals surface area (Å²) < 4.78 is 0. The van der Waals surface area contributed by atoms with Crippen molar-refractivity contribution in [3.8, 4) is 0 Å². The molecule has 0 spiro atoms. The number of carboxylic acids is 1. The van der Waals surface area contributed by atoms with Crippen LogP contribution in [0.15, 0.2) is 29.4 Å². The molecule has 2 atom stereocenters. The summed E-state index contributed by atoms with van der Waals surface area (Å²) in [6, 6.07) is 4.32. The summed E-state index contributed by atoms with van der Waals surface area (Å²) >= 11 is 0. The molecule has 2 unspecified atom stereocenters. The number of pyridine rings is 1. The zero-order valence-electron chi connectivity index (χ0n) is 18.7. The summed E-state index contributed by atoms with van der Waals surface area (Å²) in [4.78, 5) is 23.1. The fraction of sp³-hybridized carbons (Fsp3) is 0.609. The SMILES string of the molecule is CCc1ccc(CCCCN(CCC(NC2C=CNC=N2)C(=O)O)C2CC2)nc1NC. The van der Waals surface area contributed by atoms with Gasteiger partial charge >= 0.3 is 5.97 Å². The number of anilines is 1. The van der Waals surface area contributed by atoms with Gasteiger partial charge in [0.2, 0.25) is 0 Å². The number of carbonyl (C=O) groups is 1. The predicted molar refractivity (Wildman–Crippen MR) is 124 cm³/mol. The van der Waals surface area contributed by atoms with Crippen LogP contribution in [0.25, 0.3) is 0 Å². The van der Waals surface area contributed by atoms with Crippen molar-refractivity contribution in [2.75, 3.05) is 25.5 Å². The summed E-state index contributed by atoms with van der Waals surface area (Å²) in [5, 5.41) is 18.8. The standard InChI is InChI=1S/C23H36N6O2/c1-3-17-7-8-18(27-22(17)24-2)6-4-5-14-29(19-9-10-19)15-12-20(23(30)31)28-21-11-13-25-16-26-21/h7-8,11,13,16,19-21,28H,3-6,9-10,12,14-15H2,1-2H3,(H,24,27)(H,25,26)(H,30,31). The lowest BCUT2D eigenvalue weighted by atomic mass is 10.1. The summed E-state index contributed by atoms with van der Waals surface area (Å²) in [5.41, 5.74) is 2.38. The molecule has 0 radical (unpaired) electrons. The number of aliphatic carboxylic acids is 1. The van der Waals surface area contributed by atoms with E-state index >= 15 is 0 Å². The van der Waals surface area contributed by atoms with E-state index in [0.717, 1.165) is 50.3 Å². The van der Waals surface area contributed by atoms with E-state index in [1.165, 1.54) is 18.4 Å². The van der Waals surface area contributed by atoms with E-state index in [4.69, 9.17) is 4.98 Å². The van der Waals surface area contributed by atoms with Crippen LogP contribution in [0.1, 0.15) is 50.3 Å². The number of aliphatic imine (C=N–C) groups is 1. The average molecular weight is 429 g/mol. The zero-order valence-corrected chi connectivity index (χ0v) is 18.7. The lowest BCUT2D eigenvalue weighted by molar-refractivity contribution is -0.139. The highest BCUT2D eigenvalue weighted by Crippen LogP contribution is 2.27. The molecule has 0 bridgehead atoms. The predicted octanol–water partition coefficient (Wildman–Crippen LogP) is 2.38. The molecule has 1 aromatic heterocycles. The van der Waals surface area contributed by atoms with Crippen LogP contribution < -0.4 is 16.0 Å². The number of nitrogens with one attached hydrogen (secondary N) is 3. The van der Waals surface area contributed by atoms with E-state index < -0.39 is 12.0 Å². The van der Waals surface area contributed by atoms with Crippen LogP contribution in [-0.2, 0) is 17.6 Å². The van der Waals surface area contributed by atoms with E-state index in [0.29, 0.717) is 12.5 Å². The molecule has 2 heterocycles. The van der Waals surface area contributed by atoms with Crippen molar-refractivity contribution >= 4 is 18.1 Å². The Morgan fingerprint density at radius 3 is 2.81 bits per heavy atom. The van der Waals surface area contributed by atoms with Gasteiger partial charge in [-0.2, -0.15) is 0 Å². The van der Waals surface area contributed by atoms with Gasteiger partial charge < -0.3 is 20.6 Å². The molecule has 0 aromatic carbocycles. The first-order valence-electron chi connectivity index (χ1n) is 11.4. The van der Waals surface area contributed by atoms with Gasteiger partial charge in [0.15, 0.2) is 0 Å². The van der Waals surface area contributed by atoms with Crippen molar-refractivity contribution < 1.29 is 9.90 Å². The quantitative estimate of drug-likeness (QED) is 0.338. The smallest absolute Gasteiger partial charge is 0.320 e. The molecule has 1 saturated carbocycles.